The maximum absolute atomic E-state index is 6.96. The third-order valence-electron chi connectivity index (χ3n) is 8.79. The van der Waals surface area contributed by atoms with Crippen LogP contribution in [0.25, 0.3) is 0 Å². The first kappa shape index (κ1) is 19.2. The minimum absolute atomic E-state index is 0.0338. The molecule has 0 amide bonds. The van der Waals surface area contributed by atoms with Crippen LogP contribution in [0.5, 0.6) is 0 Å². The summed E-state index contributed by atoms with van der Waals surface area (Å²) in [5, 5.41) is 2.32. The van der Waals surface area contributed by atoms with E-state index in [1.807, 2.05) is 0 Å². The van der Waals surface area contributed by atoms with Gasteiger partial charge in [-0.05, 0) is 46.8 Å². The van der Waals surface area contributed by atoms with E-state index in [-0.39, 0.29) is 24.2 Å². The molecule has 1 saturated heterocycles. The lowest BCUT2D eigenvalue weighted by Gasteiger charge is -2.41. The Balaban J connectivity index is 1.34. The summed E-state index contributed by atoms with van der Waals surface area (Å²) >= 11 is 0. The molecule has 0 aromatic heterocycles. The highest BCUT2D eigenvalue weighted by Gasteiger charge is 2.63. The van der Waals surface area contributed by atoms with Crippen LogP contribution < -0.4 is 0 Å². The Kier molecular flexibility index (Phi) is 3.92. The molecule has 2 aromatic carbocycles. The van der Waals surface area contributed by atoms with Gasteiger partial charge in [0.05, 0.1) is 24.2 Å². The number of hydroxylamine groups is 2. The van der Waals surface area contributed by atoms with Gasteiger partial charge in [0.1, 0.15) is 6.10 Å². The maximum atomic E-state index is 6.96. The molecule has 2 fully saturated rings. The van der Waals surface area contributed by atoms with E-state index in [0.717, 1.165) is 12.8 Å². The SMILES string of the molecule is C=C1C2c3ccccc3C3C(N4C5=C(CCC=C5)C5C=CC=CC54)C(c4ccccc4)ON3C12. The Morgan fingerprint density at radius 1 is 0.882 bits per heavy atom. The highest BCUT2D eigenvalue weighted by Crippen LogP contribution is 2.63. The van der Waals surface area contributed by atoms with Crippen LogP contribution in [-0.2, 0) is 4.84 Å². The predicted molar refractivity (Wildman–Crippen MR) is 134 cm³/mol. The molecule has 1 saturated carbocycles. The average Bonchev–Trinajstić information content (AvgIpc) is 3.27. The van der Waals surface area contributed by atoms with Crippen LogP contribution >= 0.6 is 0 Å². The minimum Gasteiger partial charge on any atom is -0.356 e. The van der Waals surface area contributed by atoms with Crippen molar-refractivity contribution < 1.29 is 4.84 Å². The molecule has 7 unspecified atom stereocenters. The lowest BCUT2D eigenvalue weighted by molar-refractivity contribution is -0.174. The standard InChI is InChI=1S/C31H28N2O/c1-19-27-23-15-5-6-16-24(23)29-30(31(34-33(29)28(19)27)20-11-3-2-4-12-20)32-25-17-9-7-13-21(25)22-14-8-10-18-26(22)32/h2-7,9-13,15-18,21,25,27-31H,1,8,14H2. The van der Waals surface area contributed by atoms with Crippen LogP contribution in [0.4, 0.5) is 0 Å². The zero-order chi connectivity index (χ0) is 22.4. The first-order valence-corrected chi connectivity index (χ1v) is 12.6. The lowest BCUT2D eigenvalue weighted by Crippen LogP contribution is -2.47. The van der Waals surface area contributed by atoms with E-state index in [4.69, 9.17) is 4.84 Å². The number of benzene rings is 2. The molecule has 3 heterocycles. The van der Waals surface area contributed by atoms with Crippen LogP contribution in [0.15, 0.2) is 114 Å². The number of nitrogens with zero attached hydrogens (tertiary/aromatic N) is 2. The van der Waals surface area contributed by atoms with E-state index in [1.165, 1.54) is 28.0 Å². The summed E-state index contributed by atoms with van der Waals surface area (Å²) < 4.78 is 0. The summed E-state index contributed by atoms with van der Waals surface area (Å²) in [4.78, 5) is 9.68. The molecule has 3 heteroatoms. The molecular weight excluding hydrogens is 416 g/mol. The quantitative estimate of drug-likeness (QED) is 0.517. The van der Waals surface area contributed by atoms with Gasteiger partial charge < -0.3 is 4.90 Å². The van der Waals surface area contributed by atoms with Gasteiger partial charge in [-0.2, -0.15) is 5.06 Å². The van der Waals surface area contributed by atoms with Crippen molar-refractivity contribution in [1.29, 1.82) is 0 Å². The Hall–Kier alpha value is -3.14. The fourth-order valence-corrected chi connectivity index (χ4v) is 7.34. The molecule has 3 aliphatic heterocycles. The fourth-order valence-electron chi connectivity index (χ4n) is 7.34. The summed E-state index contributed by atoms with van der Waals surface area (Å²) in [6.45, 7) is 4.45. The molecule has 34 heavy (non-hydrogen) atoms. The first-order chi connectivity index (χ1) is 16.8. The van der Waals surface area contributed by atoms with E-state index in [9.17, 15) is 0 Å². The van der Waals surface area contributed by atoms with Crippen molar-refractivity contribution in [2.24, 2.45) is 5.92 Å². The van der Waals surface area contributed by atoms with Crippen LogP contribution in [0.1, 0.15) is 47.6 Å². The van der Waals surface area contributed by atoms with Gasteiger partial charge in [-0.3, -0.25) is 4.84 Å². The van der Waals surface area contributed by atoms with Crippen molar-refractivity contribution in [3.8, 4) is 0 Å². The number of hydrogen-bond acceptors (Lipinski definition) is 3. The molecule has 3 aliphatic carbocycles. The van der Waals surface area contributed by atoms with Gasteiger partial charge in [-0.15, -0.1) is 0 Å². The van der Waals surface area contributed by atoms with Gasteiger partial charge >= 0.3 is 0 Å². The van der Waals surface area contributed by atoms with Crippen LogP contribution in [0, 0.1) is 5.92 Å². The molecular formula is C31H28N2O. The predicted octanol–water partition coefficient (Wildman–Crippen LogP) is 6.15. The number of rotatable bonds is 2. The molecule has 0 N–H and O–H groups in total. The van der Waals surface area contributed by atoms with Crippen LogP contribution in [-0.4, -0.2) is 28.1 Å². The van der Waals surface area contributed by atoms with Crippen molar-refractivity contribution >= 4 is 0 Å². The third-order valence-corrected chi connectivity index (χ3v) is 8.79. The zero-order valence-corrected chi connectivity index (χ0v) is 19.1. The molecule has 2 aromatic rings. The lowest BCUT2D eigenvalue weighted by atomic mass is 9.84. The zero-order valence-electron chi connectivity index (χ0n) is 19.1. The first-order valence-electron chi connectivity index (χ1n) is 12.6. The van der Waals surface area contributed by atoms with Crippen molar-refractivity contribution in [3.05, 3.63) is 131 Å². The highest BCUT2D eigenvalue weighted by molar-refractivity contribution is 5.56. The number of allylic oxidation sites excluding steroid dienone is 4. The normalized spacial score (nSPS) is 36.8. The van der Waals surface area contributed by atoms with Gasteiger partial charge in [0.15, 0.2) is 0 Å². The molecule has 8 rings (SSSR count). The molecule has 168 valence electrons. The second kappa shape index (κ2) is 6.94. The van der Waals surface area contributed by atoms with Crippen LogP contribution in [0.2, 0.25) is 0 Å². The topological polar surface area (TPSA) is 15.7 Å². The summed E-state index contributed by atoms with van der Waals surface area (Å²) in [6.07, 6.45) is 16.3. The van der Waals surface area contributed by atoms with E-state index >= 15 is 0 Å². The summed E-state index contributed by atoms with van der Waals surface area (Å²) in [6, 6.07) is 20.8. The van der Waals surface area contributed by atoms with E-state index in [2.05, 4.69) is 108 Å². The Morgan fingerprint density at radius 3 is 2.56 bits per heavy atom. The monoisotopic (exact) mass is 444 g/mol. The van der Waals surface area contributed by atoms with Crippen molar-refractivity contribution in [2.45, 2.75) is 49.0 Å². The average molecular weight is 445 g/mol. The maximum Gasteiger partial charge on any atom is 0.127 e. The van der Waals surface area contributed by atoms with E-state index in [0.29, 0.717) is 17.9 Å². The summed E-state index contributed by atoms with van der Waals surface area (Å²) in [5.74, 6) is 0.855. The van der Waals surface area contributed by atoms with Gasteiger partial charge in [0.2, 0.25) is 0 Å². The van der Waals surface area contributed by atoms with E-state index in [1.54, 1.807) is 5.57 Å². The second-order valence-corrected chi connectivity index (χ2v) is 10.4. The fraction of sp³-hybridized carbons (Fsp3) is 0.290. The minimum atomic E-state index is -0.0338. The molecule has 0 radical (unpaired) electrons. The van der Waals surface area contributed by atoms with Gasteiger partial charge in [0, 0.05) is 17.5 Å². The molecule has 7 atom stereocenters. The van der Waals surface area contributed by atoms with Crippen molar-refractivity contribution in [1.82, 2.24) is 9.96 Å². The van der Waals surface area contributed by atoms with Crippen LogP contribution in [0.3, 0.4) is 0 Å². The molecule has 0 spiro atoms. The largest absolute Gasteiger partial charge is 0.356 e. The van der Waals surface area contributed by atoms with Gasteiger partial charge in [-0.1, -0.05) is 91.6 Å². The highest BCUT2D eigenvalue weighted by atomic mass is 16.7. The molecule has 0 bridgehead atoms. The van der Waals surface area contributed by atoms with Crippen molar-refractivity contribution in [2.75, 3.05) is 0 Å². The Labute approximate surface area is 201 Å². The smallest absolute Gasteiger partial charge is 0.127 e. The summed E-state index contributed by atoms with van der Waals surface area (Å²) in [7, 11) is 0. The Morgan fingerprint density at radius 2 is 1.68 bits per heavy atom. The second-order valence-electron chi connectivity index (χ2n) is 10.4. The number of fused-ring (bicyclic) bond motifs is 8. The number of hydrogen-bond donors (Lipinski definition) is 0. The van der Waals surface area contributed by atoms with Gasteiger partial charge in [-0.25, -0.2) is 0 Å². The van der Waals surface area contributed by atoms with Gasteiger partial charge in [0.25, 0.3) is 0 Å². The van der Waals surface area contributed by atoms with Crippen molar-refractivity contribution in [3.63, 3.8) is 0 Å². The summed E-state index contributed by atoms with van der Waals surface area (Å²) in [5.41, 5.74) is 8.41. The molecule has 3 nitrogen and oxygen atoms in total. The molecule has 6 aliphatic rings. The van der Waals surface area contributed by atoms with E-state index < -0.39 is 0 Å². The third kappa shape index (κ3) is 2.44. The Bertz CT molecular complexity index is 1320.